The Morgan fingerprint density at radius 2 is 0.730 bits per heavy atom. The van der Waals surface area contributed by atoms with Gasteiger partial charge < -0.3 is 103 Å². The molecule has 708 valence electrons. The first-order chi connectivity index (χ1) is 58.6. The molecule has 2 heterocycles. The number of terminal acetylenes is 1. The van der Waals surface area contributed by atoms with Gasteiger partial charge in [-0.3, -0.25) is 105 Å². The van der Waals surface area contributed by atoms with Crippen LogP contribution in [0.4, 0.5) is 0 Å². The Balaban J connectivity index is 0.00000127. The van der Waals surface area contributed by atoms with Crippen LogP contribution < -0.4 is 63.8 Å². The number of carboxylic acids is 2. The van der Waals surface area contributed by atoms with Gasteiger partial charge >= 0.3 is 35.8 Å². The van der Waals surface area contributed by atoms with E-state index in [9.17, 15) is 111 Å². The number of hydrogen-bond donors (Lipinski definition) is 14. The molecular formula is C84H134N14O28. The van der Waals surface area contributed by atoms with Gasteiger partial charge in [0.2, 0.25) is 82.5 Å². The number of hydrogen-bond acceptors (Lipinski definition) is 26. The molecular weight excluding hydrogens is 1650 g/mol. The van der Waals surface area contributed by atoms with Crippen molar-refractivity contribution >= 4 is 130 Å². The topological polar surface area (TPSA) is 604 Å². The summed E-state index contributed by atoms with van der Waals surface area (Å²) in [5.41, 5.74) is -1.66. The standard InChI is InChI=1S/C46H77N7O14.C38H57N7O14/c1-14-17-29(38(58)43(63)47-24-23-33(55)65-15-2)49-41(61)32-18-16-25-53(32)44(64)37(27(5)6)52-42(62)36(26(3)4)51-40(60)31(20-22-35(57)67-46(11,12)13)50-39(59)30(48-28(7)54)19-21-34(56)66-45(8,9)10;1-8-11-23(32(52)37(57)39-19-29(51)59-18-9-2)41-35(55)26-12-10-17-45(26)38(58)31(21(5)6)44-36(56)30(20(3)4)43-34(54)25(14-16-28(49)50)42-33(53)24(40-22(7)46)13-15-27(47)48/h26-27,29-32,36-37H,14-25H2,1-13H3,(H,47,63)(H,48,54)(H,49,61)(H,50,59)(H,51,60)(H,52,62);2,20-21,23-26,30-31H,8,10-19H2,1,3-7H3,(H,39,57)(H,40,46)(H,41,55)(H,42,53)(H,43,54)(H,44,56)(H,47,48)(H,49,50)/t29-,30-,31-,32-,36-,37-;23?,24?,25?,26-,30?,31?/m00/s1. The van der Waals surface area contributed by atoms with Crippen LogP contribution in [0.3, 0.4) is 0 Å². The van der Waals surface area contributed by atoms with Gasteiger partial charge in [0.05, 0.1) is 25.1 Å². The maximum atomic E-state index is 14.2. The van der Waals surface area contributed by atoms with Crippen LogP contribution in [0.5, 0.6) is 0 Å². The first-order valence-electron chi connectivity index (χ1n) is 42.5. The molecule has 2 saturated heterocycles. The van der Waals surface area contributed by atoms with Crippen molar-refractivity contribution in [3.8, 4) is 12.3 Å². The molecule has 2 rings (SSSR count). The van der Waals surface area contributed by atoms with Crippen molar-refractivity contribution in [2.75, 3.05) is 39.4 Å². The number of carboxylic acid groups (broad SMARTS) is 2. The molecule has 14 amide bonds. The molecule has 14 N–H and O–H groups in total. The highest BCUT2D eigenvalue weighted by Crippen LogP contribution is 2.25. The third kappa shape index (κ3) is 41.9. The second-order valence-electron chi connectivity index (χ2n) is 33.8. The highest BCUT2D eigenvalue weighted by atomic mass is 16.6. The van der Waals surface area contributed by atoms with Gasteiger partial charge in [-0.1, -0.05) is 88.0 Å². The van der Waals surface area contributed by atoms with E-state index in [1.807, 2.05) is 0 Å². The number of ketones is 2. The average molecular weight is 1790 g/mol. The van der Waals surface area contributed by atoms with E-state index < -0.39 is 263 Å². The lowest BCUT2D eigenvalue weighted by atomic mass is 9.98. The molecule has 2 aliphatic rings. The monoisotopic (exact) mass is 1790 g/mol. The van der Waals surface area contributed by atoms with Crippen molar-refractivity contribution in [3.05, 3.63) is 0 Å². The first-order valence-corrected chi connectivity index (χ1v) is 42.5. The van der Waals surface area contributed by atoms with Gasteiger partial charge in [-0.05, 0) is 136 Å². The van der Waals surface area contributed by atoms with E-state index in [1.54, 1.807) is 118 Å². The van der Waals surface area contributed by atoms with Crippen LogP contribution in [-0.4, -0.2) is 273 Å². The van der Waals surface area contributed by atoms with Gasteiger partial charge in [0, 0.05) is 59.2 Å². The maximum Gasteiger partial charge on any atom is 0.326 e. The minimum atomic E-state index is -1.54. The third-order valence-corrected chi connectivity index (χ3v) is 19.2. The zero-order chi connectivity index (χ0) is 96.4. The normalized spacial score (nSPS) is 16.0. The molecule has 12 atom stereocenters. The van der Waals surface area contributed by atoms with Crippen LogP contribution in [0.15, 0.2) is 0 Å². The summed E-state index contributed by atoms with van der Waals surface area (Å²) >= 11 is 0. The van der Waals surface area contributed by atoms with Gasteiger partial charge in [0.1, 0.15) is 78.2 Å². The van der Waals surface area contributed by atoms with E-state index in [-0.39, 0.29) is 97.1 Å². The molecule has 42 nitrogen and oxygen atoms in total. The lowest BCUT2D eigenvalue weighted by molar-refractivity contribution is -0.156. The van der Waals surface area contributed by atoms with Crippen LogP contribution >= 0.6 is 0 Å². The molecule has 0 spiro atoms. The number of nitrogens with zero attached hydrogens (tertiary/aromatic N) is 2. The van der Waals surface area contributed by atoms with Crippen molar-refractivity contribution in [1.29, 1.82) is 0 Å². The zero-order valence-electron chi connectivity index (χ0n) is 76.0. The number of carbonyl (C=O) groups excluding carboxylic acids is 20. The minimum Gasteiger partial charge on any atom is -0.481 e. The third-order valence-electron chi connectivity index (χ3n) is 19.2. The van der Waals surface area contributed by atoms with Crippen molar-refractivity contribution in [3.63, 3.8) is 0 Å². The van der Waals surface area contributed by atoms with Crippen LogP contribution in [0.25, 0.3) is 0 Å². The second kappa shape index (κ2) is 55.6. The highest BCUT2D eigenvalue weighted by molar-refractivity contribution is 6.39. The Kier molecular flexibility index (Phi) is 49.6. The highest BCUT2D eigenvalue weighted by Gasteiger charge is 2.45. The molecule has 0 aliphatic carbocycles. The van der Waals surface area contributed by atoms with Crippen molar-refractivity contribution < 1.29 is 135 Å². The molecule has 2 aliphatic heterocycles. The van der Waals surface area contributed by atoms with Crippen LogP contribution in [0.1, 0.15) is 241 Å². The molecule has 126 heavy (non-hydrogen) atoms. The number of Topliss-reactive ketones (excluding diaryl/α,β-unsaturated/α-hetero) is 2. The lowest BCUT2D eigenvalue weighted by Crippen LogP contribution is -2.61. The van der Waals surface area contributed by atoms with Crippen molar-refractivity contribution in [1.82, 2.24) is 73.6 Å². The van der Waals surface area contributed by atoms with E-state index >= 15 is 0 Å². The molecule has 5 unspecified atom stereocenters. The number of esters is 4. The summed E-state index contributed by atoms with van der Waals surface area (Å²) < 4.78 is 20.2. The van der Waals surface area contributed by atoms with Crippen molar-refractivity contribution in [2.45, 2.75) is 324 Å². The van der Waals surface area contributed by atoms with Gasteiger partial charge in [0.15, 0.2) is 6.61 Å². The smallest absolute Gasteiger partial charge is 0.326 e. The summed E-state index contributed by atoms with van der Waals surface area (Å²) in [7, 11) is 0. The average Bonchev–Trinajstić information content (AvgIpc) is 1.65. The zero-order valence-corrected chi connectivity index (χ0v) is 76.0. The molecule has 0 saturated carbocycles. The number of nitrogens with one attached hydrogen (secondary N) is 12. The Morgan fingerprint density at radius 3 is 1.05 bits per heavy atom. The van der Waals surface area contributed by atoms with Crippen molar-refractivity contribution in [2.24, 2.45) is 23.7 Å². The van der Waals surface area contributed by atoms with Gasteiger partial charge in [-0.15, -0.1) is 6.42 Å². The summed E-state index contributed by atoms with van der Waals surface area (Å²) in [6.07, 6.45) is 4.21. The fraction of sp³-hybridized carbons (Fsp3) is 0.714. The molecule has 0 radical (unpaired) electrons. The van der Waals surface area contributed by atoms with E-state index in [0.29, 0.717) is 25.7 Å². The minimum absolute atomic E-state index is 0.0641. The molecule has 2 fully saturated rings. The summed E-state index contributed by atoms with van der Waals surface area (Å²) in [4.78, 5) is 287. The second-order valence-corrected chi connectivity index (χ2v) is 33.8. The summed E-state index contributed by atoms with van der Waals surface area (Å²) in [6, 6.07) is -15.3. The predicted octanol–water partition coefficient (Wildman–Crippen LogP) is -0.460. The van der Waals surface area contributed by atoms with Crippen LogP contribution in [0.2, 0.25) is 0 Å². The lowest BCUT2D eigenvalue weighted by Gasteiger charge is -2.33. The Hall–Kier alpha value is -11.7. The van der Waals surface area contributed by atoms with E-state index in [1.165, 1.54) is 16.7 Å². The van der Waals surface area contributed by atoms with Gasteiger partial charge in [-0.25, -0.2) is 0 Å². The largest absolute Gasteiger partial charge is 0.481 e. The molecule has 0 aromatic carbocycles. The summed E-state index contributed by atoms with van der Waals surface area (Å²) in [6.45, 7) is 29.8. The molecule has 42 heteroatoms. The van der Waals surface area contributed by atoms with E-state index in [2.05, 4.69) is 74.5 Å². The Labute approximate surface area is 735 Å². The van der Waals surface area contributed by atoms with E-state index in [0.717, 1.165) is 6.92 Å². The summed E-state index contributed by atoms with van der Waals surface area (Å²) in [5.74, 6) is -18.6. The number of amides is 14. The van der Waals surface area contributed by atoms with Crippen LogP contribution in [-0.2, 0) is 124 Å². The summed E-state index contributed by atoms with van der Waals surface area (Å²) in [5, 5.41) is 48.3. The Bertz CT molecular complexity index is 3880. The maximum absolute atomic E-state index is 14.2. The van der Waals surface area contributed by atoms with Gasteiger partial charge in [0.25, 0.3) is 11.8 Å². The fourth-order valence-electron chi connectivity index (χ4n) is 13.0. The number of rotatable bonds is 51. The van der Waals surface area contributed by atoms with Crippen LogP contribution in [0, 0.1) is 36.0 Å². The number of carbonyl (C=O) groups is 22. The van der Waals surface area contributed by atoms with Gasteiger partial charge in [-0.2, -0.15) is 0 Å². The fourth-order valence-corrected chi connectivity index (χ4v) is 13.0. The predicted molar refractivity (Wildman–Crippen MR) is 450 cm³/mol. The first kappa shape index (κ1) is 112. The molecule has 0 bridgehead atoms. The molecule has 0 aromatic heterocycles. The number of likely N-dealkylation sites (tertiary alicyclic amines) is 2. The number of ether oxygens (including phenoxy) is 4. The van der Waals surface area contributed by atoms with E-state index in [4.69, 9.17) is 25.7 Å². The quantitative estimate of drug-likeness (QED) is 0.0159. The Morgan fingerprint density at radius 1 is 0.397 bits per heavy atom. The SMILES string of the molecule is C#CCOC(=O)CNC(=O)C(=O)C(CCC)NC(=O)[C@@H]1CCCN1C(=O)C(NC(=O)C(NC(=O)C(CCC(=O)O)NC(=O)C(CCC(=O)O)NC(C)=O)C(C)C)C(C)C.CCC[C@H](NC(=O)[C@@H]1CCCN1C(=O)[C@@H](NC(=O)[C@@H](NC(=O)[C@H](CCC(=O)OC(C)(C)C)NC(=O)[C@H](CCC(=O)OC(C)(C)C)NC(C)=O)C(C)C)C(C)C)C(=O)C(=O)NCCC(=O)OCC. The number of aliphatic carboxylic acids is 2. The molecule has 0 aromatic rings.